The number of hydrogen-bond acceptors (Lipinski definition) is 6. The average Bonchev–Trinajstić information content (AvgIpc) is 2.14. The van der Waals surface area contributed by atoms with Crippen molar-refractivity contribution in [3.8, 4) is 11.5 Å². The normalized spacial score (nSPS) is 11.3. The molecule has 0 aliphatic rings. The molecule has 94 valence electrons. The summed E-state index contributed by atoms with van der Waals surface area (Å²) >= 11 is 0. The van der Waals surface area contributed by atoms with Crippen molar-refractivity contribution in [3.63, 3.8) is 0 Å². The van der Waals surface area contributed by atoms with Crippen molar-refractivity contribution in [2.24, 2.45) is 0 Å². The molecule has 0 unspecified atom stereocenters. The summed E-state index contributed by atoms with van der Waals surface area (Å²) in [5, 5.41) is 28.4. The van der Waals surface area contributed by atoms with Crippen molar-refractivity contribution in [3.05, 3.63) is 22.0 Å². The third-order valence-electron chi connectivity index (χ3n) is 1.63. The zero-order chi connectivity index (χ0) is 13.2. The molecule has 0 amide bonds. The van der Waals surface area contributed by atoms with Gasteiger partial charge in [-0.15, -0.1) is 13.2 Å². The van der Waals surface area contributed by atoms with Crippen LogP contribution in [0.5, 0.6) is 11.5 Å². The number of aliphatic hydroxyl groups excluding tert-OH is 1. The number of aromatic hydroxyl groups is 1. The van der Waals surface area contributed by atoms with Gasteiger partial charge in [0, 0.05) is 0 Å². The number of ether oxygens (including phenoxy) is 1. The van der Waals surface area contributed by atoms with Crippen LogP contribution in [-0.2, 0) is 6.61 Å². The molecular formula is C7H5F3N2O5. The molecule has 7 nitrogen and oxygen atoms in total. The molecule has 1 aromatic rings. The molecule has 0 saturated carbocycles. The lowest BCUT2D eigenvalue weighted by Gasteiger charge is -2.10. The molecule has 2 N–H and O–H groups in total. The maximum atomic E-state index is 11.9. The van der Waals surface area contributed by atoms with Crippen molar-refractivity contribution in [2.75, 3.05) is 0 Å². The molecule has 0 aromatic carbocycles. The predicted octanol–water partition coefficient (Wildman–Crippen LogP) is 1.09. The molecule has 1 aromatic heterocycles. The van der Waals surface area contributed by atoms with Gasteiger partial charge in [0.1, 0.15) is 5.69 Å². The van der Waals surface area contributed by atoms with E-state index < -0.39 is 40.8 Å². The summed E-state index contributed by atoms with van der Waals surface area (Å²) in [5.41, 5.74) is -1.83. The molecule has 0 fully saturated rings. The van der Waals surface area contributed by atoms with Gasteiger partial charge in [0.25, 0.3) is 0 Å². The van der Waals surface area contributed by atoms with Crippen molar-refractivity contribution in [2.45, 2.75) is 13.0 Å². The lowest BCUT2D eigenvalue weighted by atomic mass is 10.3. The Bertz CT molecular complexity index is 448. The second kappa shape index (κ2) is 4.41. The van der Waals surface area contributed by atoms with Gasteiger partial charge in [-0.05, 0) is 0 Å². The summed E-state index contributed by atoms with van der Waals surface area (Å²) in [6.45, 7) is -0.862. The minimum absolute atomic E-state index is 0.400. The molecule has 0 atom stereocenters. The van der Waals surface area contributed by atoms with Gasteiger partial charge in [-0.1, -0.05) is 0 Å². The SMILES string of the molecule is O=[N+]([O-])c1c(OC(F)(F)F)cnc(CO)c1O. The maximum absolute atomic E-state index is 11.9. The van der Waals surface area contributed by atoms with E-state index >= 15 is 0 Å². The second-order valence-corrected chi connectivity index (χ2v) is 2.73. The van der Waals surface area contributed by atoms with Crippen molar-refractivity contribution < 1.29 is 33.0 Å². The van der Waals surface area contributed by atoms with E-state index in [9.17, 15) is 28.4 Å². The van der Waals surface area contributed by atoms with Crippen molar-refractivity contribution in [1.29, 1.82) is 0 Å². The standard InChI is InChI=1S/C7H5F3N2O5/c8-7(9,10)17-4-1-11-3(2-13)6(14)5(4)12(15)16/h1,13-14H,2H2. The third-order valence-corrected chi connectivity index (χ3v) is 1.63. The van der Waals surface area contributed by atoms with Crippen molar-refractivity contribution in [1.82, 2.24) is 4.98 Å². The molecular weight excluding hydrogens is 249 g/mol. The Labute approximate surface area is 91.2 Å². The average molecular weight is 254 g/mol. The molecule has 0 aliphatic carbocycles. The quantitative estimate of drug-likeness (QED) is 0.617. The van der Waals surface area contributed by atoms with Gasteiger partial charge in [-0.2, -0.15) is 0 Å². The molecule has 1 heterocycles. The number of rotatable bonds is 3. The lowest BCUT2D eigenvalue weighted by molar-refractivity contribution is -0.389. The van der Waals surface area contributed by atoms with Gasteiger partial charge in [0.05, 0.1) is 17.7 Å². The second-order valence-electron chi connectivity index (χ2n) is 2.73. The van der Waals surface area contributed by atoms with Crippen LogP contribution in [0.4, 0.5) is 18.9 Å². The van der Waals surface area contributed by atoms with Gasteiger partial charge in [0.2, 0.25) is 11.5 Å². The molecule has 0 saturated heterocycles. The van der Waals surface area contributed by atoms with Crippen molar-refractivity contribution >= 4 is 5.69 Å². The van der Waals surface area contributed by atoms with Gasteiger partial charge in [-0.25, -0.2) is 0 Å². The summed E-state index contributed by atoms with van der Waals surface area (Å²) in [4.78, 5) is 12.4. The fraction of sp³-hybridized carbons (Fsp3) is 0.286. The number of aromatic nitrogens is 1. The summed E-state index contributed by atoms with van der Waals surface area (Å²) < 4.78 is 39.0. The van der Waals surface area contributed by atoms with E-state index in [1.165, 1.54) is 0 Å². The Balaban J connectivity index is 3.32. The Morgan fingerprint density at radius 1 is 1.53 bits per heavy atom. The smallest absolute Gasteiger partial charge is 0.501 e. The fourth-order valence-electron chi connectivity index (χ4n) is 1.00. The molecule has 0 spiro atoms. The van der Waals surface area contributed by atoms with E-state index in [1.807, 2.05) is 0 Å². The highest BCUT2D eigenvalue weighted by Gasteiger charge is 2.36. The van der Waals surface area contributed by atoms with Crippen LogP contribution in [0, 0.1) is 10.1 Å². The topological polar surface area (TPSA) is 106 Å². The molecule has 10 heteroatoms. The first-order valence-corrected chi connectivity index (χ1v) is 3.98. The van der Waals surface area contributed by atoms with Crippen LogP contribution < -0.4 is 4.74 Å². The van der Waals surface area contributed by atoms with E-state index in [-0.39, 0.29) is 0 Å². The molecule has 0 bridgehead atoms. The van der Waals surface area contributed by atoms with E-state index in [2.05, 4.69) is 9.72 Å². The number of hydrogen-bond donors (Lipinski definition) is 2. The van der Waals surface area contributed by atoms with Gasteiger partial charge in [-0.3, -0.25) is 15.1 Å². The third kappa shape index (κ3) is 2.93. The molecule has 0 aliphatic heterocycles. The first kappa shape index (κ1) is 13.0. The highest BCUT2D eigenvalue weighted by atomic mass is 19.4. The molecule has 1 rings (SSSR count). The maximum Gasteiger partial charge on any atom is 0.573 e. The first-order valence-electron chi connectivity index (χ1n) is 3.98. The van der Waals surface area contributed by atoms with Crippen LogP contribution in [0.25, 0.3) is 0 Å². The monoisotopic (exact) mass is 254 g/mol. The minimum Gasteiger partial charge on any atom is -0.501 e. The van der Waals surface area contributed by atoms with E-state index in [4.69, 9.17) is 5.11 Å². The number of pyridine rings is 1. The number of halogens is 3. The summed E-state index contributed by atoms with van der Waals surface area (Å²) in [6.07, 6.45) is -4.75. The van der Waals surface area contributed by atoms with Crippen LogP contribution >= 0.6 is 0 Å². The van der Waals surface area contributed by atoms with Crippen LogP contribution in [0.1, 0.15) is 5.69 Å². The Hall–Kier alpha value is -2.10. The number of nitro groups is 1. The van der Waals surface area contributed by atoms with Crippen LogP contribution in [0.15, 0.2) is 6.20 Å². The zero-order valence-corrected chi connectivity index (χ0v) is 7.93. The van der Waals surface area contributed by atoms with Gasteiger partial charge in [0.15, 0.2) is 0 Å². The van der Waals surface area contributed by atoms with Crippen LogP contribution in [0.2, 0.25) is 0 Å². The fourth-order valence-corrected chi connectivity index (χ4v) is 1.00. The van der Waals surface area contributed by atoms with E-state index in [1.54, 1.807) is 0 Å². The van der Waals surface area contributed by atoms with E-state index in [0.717, 1.165) is 0 Å². The molecule has 17 heavy (non-hydrogen) atoms. The Morgan fingerprint density at radius 2 is 2.12 bits per heavy atom. The molecule has 0 radical (unpaired) electrons. The zero-order valence-electron chi connectivity index (χ0n) is 7.93. The van der Waals surface area contributed by atoms with Gasteiger partial charge < -0.3 is 14.9 Å². The summed E-state index contributed by atoms with van der Waals surface area (Å²) in [5.74, 6) is -2.42. The summed E-state index contributed by atoms with van der Waals surface area (Å²) in [7, 11) is 0. The van der Waals surface area contributed by atoms with Gasteiger partial charge >= 0.3 is 12.0 Å². The predicted molar refractivity (Wildman–Crippen MR) is 45.2 cm³/mol. The van der Waals surface area contributed by atoms with Crippen LogP contribution in [0.3, 0.4) is 0 Å². The Kier molecular flexibility index (Phi) is 3.36. The minimum atomic E-state index is -5.15. The number of nitrogens with zero attached hydrogens (tertiary/aromatic N) is 2. The highest BCUT2D eigenvalue weighted by Crippen LogP contribution is 2.39. The number of alkyl halides is 3. The first-order chi connectivity index (χ1) is 7.76. The summed E-state index contributed by atoms with van der Waals surface area (Å²) in [6, 6.07) is 0. The largest absolute Gasteiger partial charge is 0.573 e. The lowest BCUT2D eigenvalue weighted by Crippen LogP contribution is -2.18. The van der Waals surface area contributed by atoms with Crippen LogP contribution in [-0.4, -0.2) is 26.5 Å². The Morgan fingerprint density at radius 3 is 2.53 bits per heavy atom. The highest BCUT2D eigenvalue weighted by molar-refractivity contribution is 5.57. The number of aliphatic hydroxyl groups is 1. The van der Waals surface area contributed by atoms with E-state index in [0.29, 0.717) is 6.20 Å².